The van der Waals surface area contributed by atoms with E-state index >= 15 is 0 Å². The topological polar surface area (TPSA) is 126 Å². The minimum Gasteiger partial charge on any atom is -0.497 e. The molecule has 2 amide bonds. The van der Waals surface area contributed by atoms with Crippen molar-refractivity contribution in [1.29, 1.82) is 0 Å². The van der Waals surface area contributed by atoms with Gasteiger partial charge in [-0.2, -0.15) is 0 Å². The lowest BCUT2D eigenvalue weighted by Gasteiger charge is -2.39. The van der Waals surface area contributed by atoms with Gasteiger partial charge in [-0.3, -0.25) is 14.5 Å². The fourth-order valence-corrected chi connectivity index (χ4v) is 8.40. The standard InChI is InChI=1S/C24H25F2N3O3.C22H27F2N3O2/c1-31-19-4-2-3-17(11-19)15-29-9-7-16(8-10-29)14-27-24(30)22-13-23(32-28-22)20-6-5-18(25)12-21(20)26;23-16-6-7-18(19(24)12-16)21-13-20(26-29-21)22(28)25-14-15-8-10-27(11-9-15)17-4-2-1-3-5-17/h2-6,11-13,16H,7-10,14-15H2,1H3,(H,27,30);6-7,12-13,15,17H,1-5,8-11,14H2,(H,25,28). The van der Waals surface area contributed by atoms with Gasteiger partial charge in [0, 0.05) is 49.9 Å². The van der Waals surface area contributed by atoms with Gasteiger partial charge in [0.2, 0.25) is 0 Å². The molecule has 324 valence electrons. The Balaban J connectivity index is 0.000000185. The van der Waals surface area contributed by atoms with Gasteiger partial charge in [0.15, 0.2) is 22.9 Å². The number of likely N-dealkylation sites (tertiary alicyclic amines) is 2. The second-order valence-corrected chi connectivity index (χ2v) is 16.2. The van der Waals surface area contributed by atoms with Gasteiger partial charge in [0.25, 0.3) is 11.8 Å². The van der Waals surface area contributed by atoms with Crippen LogP contribution in [0.25, 0.3) is 22.6 Å². The summed E-state index contributed by atoms with van der Waals surface area (Å²) in [4.78, 5) is 29.8. The molecule has 0 radical (unpaired) electrons. The van der Waals surface area contributed by atoms with Gasteiger partial charge in [-0.05, 0) is 119 Å². The van der Waals surface area contributed by atoms with Crippen LogP contribution in [0.15, 0.2) is 81.8 Å². The number of carbonyl (C=O) groups is 2. The van der Waals surface area contributed by atoms with Gasteiger partial charge in [0.05, 0.1) is 18.2 Å². The van der Waals surface area contributed by atoms with E-state index in [-0.39, 0.29) is 45.8 Å². The molecule has 5 aromatic rings. The lowest BCUT2D eigenvalue weighted by molar-refractivity contribution is 0.0891. The summed E-state index contributed by atoms with van der Waals surface area (Å²) in [7, 11) is 1.67. The van der Waals surface area contributed by atoms with Crippen LogP contribution < -0.4 is 15.4 Å². The molecule has 15 heteroatoms. The molecule has 1 aliphatic carbocycles. The summed E-state index contributed by atoms with van der Waals surface area (Å²) < 4.78 is 69.4. The molecule has 4 heterocycles. The Bertz CT molecular complexity index is 2230. The Morgan fingerprint density at radius 1 is 0.672 bits per heavy atom. The largest absolute Gasteiger partial charge is 0.497 e. The number of halogens is 4. The number of piperidine rings is 2. The Morgan fingerprint density at radius 3 is 1.70 bits per heavy atom. The minimum atomic E-state index is -0.770. The summed E-state index contributed by atoms with van der Waals surface area (Å²) in [6.45, 7) is 6.12. The van der Waals surface area contributed by atoms with Gasteiger partial charge in [-0.1, -0.05) is 41.7 Å². The molecule has 0 unspecified atom stereocenters. The highest BCUT2D eigenvalue weighted by atomic mass is 19.1. The van der Waals surface area contributed by atoms with E-state index in [1.54, 1.807) is 7.11 Å². The van der Waals surface area contributed by atoms with Crippen LogP contribution in [0, 0.1) is 35.1 Å². The van der Waals surface area contributed by atoms with Crippen molar-refractivity contribution in [1.82, 2.24) is 30.7 Å². The van der Waals surface area contributed by atoms with E-state index in [1.807, 2.05) is 12.1 Å². The Morgan fingerprint density at radius 2 is 1.20 bits per heavy atom. The molecule has 1 saturated carbocycles. The summed E-state index contributed by atoms with van der Waals surface area (Å²) in [6, 6.07) is 17.9. The number of hydrogen-bond donors (Lipinski definition) is 2. The van der Waals surface area contributed by atoms with E-state index in [0.717, 1.165) is 94.5 Å². The van der Waals surface area contributed by atoms with Crippen LogP contribution in [-0.2, 0) is 6.54 Å². The molecule has 3 aromatic carbocycles. The number of rotatable bonds is 12. The van der Waals surface area contributed by atoms with Crippen LogP contribution >= 0.6 is 0 Å². The molecule has 2 aromatic heterocycles. The van der Waals surface area contributed by atoms with Crippen LogP contribution in [0.5, 0.6) is 5.75 Å². The number of amides is 2. The molecule has 3 aliphatic rings. The Hall–Kier alpha value is -5.54. The molecule has 0 spiro atoms. The first-order chi connectivity index (χ1) is 29.6. The van der Waals surface area contributed by atoms with Crippen molar-refractivity contribution in [3.8, 4) is 28.4 Å². The van der Waals surface area contributed by atoms with Crippen molar-refractivity contribution < 1.29 is 40.9 Å². The minimum absolute atomic E-state index is 0.0568. The summed E-state index contributed by atoms with van der Waals surface area (Å²) in [5.74, 6) is -1.70. The summed E-state index contributed by atoms with van der Waals surface area (Å²) in [5, 5.41) is 13.3. The molecule has 2 aliphatic heterocycles. The predicted molar refractivity (Wildman–Crippen MR) is 221 cm³/mol. The zero-order valence-electron chi connectivity index (χ0n) is 34.3. The van der Waals surface area contributed by atoms with E-state index in [4.69, 9.17) is 13.8 Å². The molecule has 0 atom stereocenters. The number of benzene rings is 3. The van der Waals surface area contributed by atoms with Crippen molar-refractivity contribution in [2.24, 2.45) is 11.8 Å². The number of nitrogens with one attached hydrogen (secondary N) is 2. The fourth-order valence-electron chi connectivity index (χ4n) is 8.40. The van der Waals surface area contributed by atoms with Crippen LogP contribution in [0.2, 0.25) is 0 Å². The first kappa shape index (κ1) is 43.5. The second-order valence-electron chi connectivity index (χ2n) is 16.2. The lowest BCUT2D eigenvalue weighted by atomic mass is 9.90. The van der Waals surface area contributed by atoms with Crippen molar-refractivity contribution in [2.75, 3.05) is 46.4 Å². The maximum Gasteiger partial charge on any atom is 0.273 e. The SMILES string of the molecule is COc1cccc(CN2CCC(CNC(=O)c3cc(-c4ccc(F)cc4F)on3)CC2)c1.O=C(NCC1CCN(C2CCCCC2)CC1)c1cc(-c2ccc(F)cc2F)on1. The maximum absolute atomic E-state index is 13.9. The summed E-state index contributed by atoms with van der Waals surface area (Å²) in [6.07, 6.45) is 10.9. The normalized spacial score (nSPS) is 17.1. The monoisotopic (exact) mass is 844 g/mol. The average molecular weight is 845 g/mol. The van der Waals surface area contributed by atoms with Crippen molar-refractivity contribution in [2.45, 2.75) is 70.4 Å². The fraction of sp³-hybridized carbons (Fsp3) is 0.435. The van der Waals surface area contributed by atoms with E-state index in [1.165, 1.54) is 61.9 Å². The van der Waals surface area contributed by atoms with Crippen LogP contribution in [0.3, 0.4) is 0 Å². The predicted octanol–water partition coefficient (Wildman–Crippen LogP) is 8.66. The number of hydrogen-bond acceptors (Lipinski definition) is 9. The van der Waals surface area contributed by atoms with Crippen LogP contribution in [0.1, 0.15) is 84.3 Å². The van der Waals surface area contributed by atoms with Crippen molar-refractivity contribution in [3.63, 3.8) is 0 Å². The Kier molecular flexibility index (Phi) is 14.9. The first-order valence-electron chi connectivity index (χ1n) is 21.1. The smallest absolute Gasteiger partial charge is 0.273 e. The summed E-state index contributed by atoms with van der Waals surface area (Å²) >= 11 is 0. The highest BCUT2D eigenvalue weighted by molar-refractivity contribution is 5.93. The number of ether oxygens (including phenoxy) is 1. The van der Waals surface area contributed by atoms with E-state index in [9.17, 15) is 27.2 Å². The van der Waals surface area contributed by atoms with Gasteiger partial charge in [-0.25, -0.2) is 17.6 Å². The third-order valence-electron chi connectivity index (χ3n) is 12.0. The number of aromatic nitrogens is 2. The van der Waals surface area contributed by atoms with E-state index in [0.29, 0.717) is 24.9 Å². The lowest BCUT2D eigenvalue weighted by Crippen LogP contribution is -2.44. The molecule has 11 nitrogen and oxygen atoms in total. The zero-order chi connectivity index (χ0) is 42.7. The van der Waals surface area contributed by atoms with Gasteiger partial charge >= 0.3 is 0 Å². The van der Waals surface area contributed by atoms with Crippen molar-refractivity contribution in [3.05, 3.63) is 113 Å². The quantitative estimate of drug-likeness (QED) is 0.119. The zero-order valence-corrected chi connectivity index (χ0v) is 34.3. The Labute approximate surface area is 352 Å². The first-order valence-corrected chi connectivity index (χ1v) is 21.1. The molecule has 2 N–H and O–H groups in total. The van der Waals surface area contributed by atoms with Gasteiger partial charge < -0.3 is 29.3 Å². The number of methoxy groups -OCH3 is 1. The second kappa shape index (κ2) is 20.8. The third kappa shape index (κ3) is 11.9. The molecule has 0 bridgehead atoms. The van der Waals surface area contributed by atoms with E-state index < -0.39 is 23.3 Å². The highest BCUT2D eigenvalue weighted by Gasteiger charge is 2.27. The molecular weight excluding hydrogens is 793 g/mol. The third-order valence-corrected chi connectivity index (χ3v) is 12.0. The number of nitrogens with zero attached hydrogens (tertiary/aromatic N) is 4. The summed E-state index contributed by atoms with van der Waals surface area (Å²) in [5.41, 5.74) is 1.52. The molecule has 61 heavy (non-hydrogen) atoms. The van der Waals surface area contributed by atoms with Crippen LogP contribution in [-0.4, -0.2) is 84.3 Å². The average Bonchev–Trinajstić information content (AvgIpc) is 3.98. The van der Waals surface area contributed by atoms with Gasteiger partial charge in [0.1, 0.15) is 29.0 Å². The van der Waals surface area contributed by atoms with E-state index in [2.05, 4.69) is 42.9 Å². The van der Waals surface area contributed by atoms with Crippen LogP contribution in [0.4, 0.5) is 17.6 Å². The molecule has 8 rings (SSSR count). The molecular formula is C46H52F4N6O5. The molecule has 2 saturated heterocycles. The van der Waals surface area contributed by atoms with Crippen molar-refractivity contribution >= 4 is 11.8 Å². The maximum atomic E-state index is 13.9. The number of carbonyl (C=O) groups excluding carboxylic acids is 2. The molecule has 3 fully saturated rings. The highest BCUT2D eigenvalue weighted by Crippen LogP contribution is 2.29. The van der Waals surface area contributed by atoms with Gasteiger partial charge in [-0.15, -0.1) is 0 Å².